The maximum atomic E-state index is 12.7. The molecular weight excluding hydrogens is 388 g/mol. The number of hydrogen-bond donors (Lipinski definition) is 3. The Morgan fingerprint density at radius 1 is 1.03 bits per heavy atom. The van der Waals surface area contributed by atoms with Gasteiger partial charge >= 0.3 is 5.69 Å². The zero-order chi connectivity index (χ0) is 21.4. The number of aromatic amines is 1. The molecule has 4 aromatic rings. The Balaban J connectivity index is 1.99. The number of H-pyrrole nitrogens is 1. The zero-order valence-corrected chi connectivity index (χ0v) is 15.7. The average Bonchev–Trinajstić information content (AvgIpc) is 3.08. The van der Waals surface area contributed by atoms with Crippen molar-refractivity contribution >= 4 is 23.0 Å². The molecule has 150 valence electrons. The summed E-state index contributed by atoms with van der Waals surface area (Å²) in [5.74, 6) is -0.701. The van der Waals surface area contributed by atoms with Crippen LogP contribution in [0.4, 0.5) is 0 Å². The van der Waals surface area contributed by atoms with Gasteiger partial charge in [-0.3, -0.25) is 9.59 Å². The molecule has 0 unspecified atom stereocenters. The maximum absolute atomic E-state index is 12.7. The van der Waals surface area contributed by atoms with Gasteiger partial charge in [-0.2, -0.15) is 0 Å². The third-order valence-electron chi connectivity index (χ3n) is 4.51. The Morgan fingerprint density at radius 2 is 1.77 bits per heavy atom. The monoisotopic (exact) mass is 404 g/mol. The molecule has 10 heteroatoms. The number of aromatic nitrogens is 4. The molecule has 0 radical (unpaired) electrons. The van der Waals surface area contributed by atoms with Crippen LogP contribution in [0, 0.1) is 0 Å². The average molecular weight is 404 g/mol. The lowest BCUT2D eigenvalue weighted by molar-refractivity contribution is 0.0990. The molecule has 2 heterocycles. The fourth-order valence-corrected chi connectivity index (χ4v) is 3.06. The van der Waals surface area contributed by atoms with E-state index in [0.717, 1.165) is 0 Å². The molecule has 0 saturated carbocycles. The van der Waals surface area contributed by atoms with E-state index in [-0.39, 0.29) is 22.7 Å². The molecule has 5 N–H and O–H groups in total. The highest BCUT2D eigenvalue weighted by molar-refractivity contribution is 6.02. The number of ether oxygens (including phenoxy) is 1. The quantitative estimate of drug-likeness (QED) is 0.450. The van der Waals surface area contributed by atoms with Crippen molar-refractivity contribution in [2.24, 2.45) is 11.5 Å². The molecule has 0 aliphatic heterocycles. The summed E-state index contributed by atoms with van der Waals surface area (Å²) in [4.78, 5) is 47.3. The van der Waals surface area contributed by atoms with E-state index in [1.807, 2.05) is 0 Å². The fourth-order valence-electron chi connectivity index (χ4n) is 3.06. The van der Waals surface area contributed by atoms with Gasteiger partial charge in [0.15, 0.2) is 17.2 Å². The molecule has 4 rings (SSSR count). The summed E-state index contributed by atoms with van der Waals surface area (Å²) in [6, 6.07) is 13.0. The van der Waals surface area contributed by atoms with Crippen molar-refractivity contribution in [2.45, 2.75) is 0 Å². The van der Waals surface area contributed by atoms with Crippen molar-refractivity contribution < 1.29 is 14.3 Å². The number of benzene rings is 2. The highest BCUT2D eigenvalue weighted by Gasteiger charge is 2.20. The SMILES string of the molecule is COc1cccc(-n2c(=O)[nH]c3c(C(N)=O)nc(-c4ccc(C(N)=O)cc4)nc32)c1. The van der Waals surface area contributed by atoms with Crippen LogP contribution in [-0.4, -0.2) is 38.4 Å². The number of carbonyl (C=O) groups is 2. The van der Waals surface area contributed by atoms with Gasteiger partial charge in [0, 0.05) is 17.2 Å². The maximum Gasteiger partial charge on any atom is 0.332 e. The van der Waals surface area contributed by atoms with Crippen molar-refractivity contribution in [3.05, 3.63) is 70.3 Å². The van der Waals surface area contributed by atoms with Gasteiger partial charge in [-0.1, -0.05) is 18.2 Å². The number of fused-ring (bicyclic) bond motifs is 1. The van der Waals surface area contributed by atoms with Gasteiger partial charge in [-0.25, -0.2) is 19.3 Å². The molecule has 30 heavy (non-hydrogen) atoms. The van der Waals surface area contributed by atoms with Gasteiger partial charge in [0.25, 0.3) is 5.91 Å². The molecule has 10 nitrogen and oxygen atoms in total. The van der Waals surface area contributed by atoms with Crippen LogP contribution in [0.3, 0.4) is 0 Å². The van der Waals surface area contributed by atoms with Crippen LogP contribution < -0.4 is 21.9 Å². The molecule has 2 aromatic carbocycles. The Bertz CT molecular complexity index is 1350. The summed E-state index contributed by atoms with van der Waals surface area (Å²) in [6.45, 7) is 0. The van der Waals surface area contributed by atoms with Gasteiger partial charge in [-0.15, -0.1) is 0 Å². The van der Waals surface area contributed by atoms with Crippen molar-refractivity contribution in [1.29, 1.82) is 0 Å². The summed E-state index contributed by atoms with van der Waals surface area (Å²) in [6.07, 6.45) is 0. The van der Waals surface area contributed by atoms with E-state index in [2.05, 4.69) is 15.0 Å². The fraction of sp³-hybridized carbons (Fsp3) is 0.0500. The molecular formula is C20H16N6O4. The first-order valence-electron chi connectivity index (χ1n) is 8.76. The van der Waals surface area contributed by atoms with Gasteiger partial charge in [0.05, 0.1) is 12.8 Å². The van der Waals surface area contributed by atoms with Gasteiger partial charge < -0.3 is 21.2 Å². The van der Waals surface area contributed by atoms with Crippen LogP contribution in [-0.2, 0) is 0 Å². The largest absolute Gasteiger partial charge is 0.497 e. The van der Waals surface area contributed by atoms with Crippen LogP contribution in [0.15, 0.2) is 53.3 Å². The smallest absolute Gasteiger partial charge is 0.332 e. The topological polar surface area (TPSA) is 159 Å². The zero-order valence-electron chi connectivity index (χ0n) is 15.7. The van der Waals surface area contributed by atoms with Crippen LogP contribution in [0.5, 0.6) is 5.75 Å². The molecule has 0 bridgehead atoms. The van der Waals surface area contributed by atoms with Crippen molar-refractivity contribution in [2.75, 3.05) is 7.11 Å². The van der Waals surface area contributed by atoms with Crippen LogP contribution in [0.1, 0.15) is 20.8 Å². The highest BCUT2D eigenvalue weighted by Crippen LogP contribution is 2.23. The number of rotatable bonds is 5. The summed E-state index contributed by atoms with van der Waals surface area (Å²) >= 11 is 0. The minimum Gasteiger partial charge on any atom is -0.497 e. The van der Waals surface area contributed by atoms with Crippen molar-refractivity contribution in [1.82, 2.24) is 19.5 Å². The Morgan fingerprint density at radius 3 is 2.40 bits per heavy atom. The number of primary amides is 2. The predicted molar refractivity (Wildman–Crippen MR) is 109 cm³/mol. The first-order valence-corrected chi connectivity index (χ1v) is 8.76. The molecule has 0 atom stereocenters. The number of nitrogens with one attached hydrogen (secondary N) is 1. The predicted octanol–water partition coefficient (Wildman–Crippen LogP) is 0.982. The van der Waals surface area contributed by atoms with E-state index in [9.17, 15) is 14.4 Å². The molecule has 0 aliphatic carbocycles. The van der Waals surface area contributed by atoms with Gasteiger partial charge in [-0.05, 0) is 24.3 Å². The summed E-state index contributed by atoms with van der Waals surface area (Å²) in [7, 11) is 1.51. The van der Waals surface area contributed by atoms with E-state index >= 15 is 0 Å². The van der Waals surface area contributed by atoms with E-state index in [1.165, 1.54) is 23.8 Å². The first-order chi connectivity index (χ1) is 14.4. The lowest BCUT2D eigenvalue weighted by Crippen LogP contribution is -2.15. The lowest BCUT2D eigenvalue weighted by Gasteiger charge is -2.08. The number of carbonyl (C=O) groups excluding carboxylic acids is 2. The second kappa shape index (κ2) is 7.17. The summed E-state index contributed by atoms with van der Waals surface area (Å²) < 4.78 is 6.52. The third-order valence-corrected chi connectivity index (χ3v) is 4.51. The van der Waals surface area contributed by atoms with E-state index in [4.69, 9.17) is 16.2 Å². The summed E-state index contributed by atoms with van der Waals surface area (Å²) in [5, 5.41) is 0. The number of amides is 2. The van der Waals surface area contributed by atoms with Gasteiger partial charge in [0.1, 0.15) is 11.3 Å². The number of hydrogen-bond acceptors (Lipinski definition) is 6. The van der Waals surface area contributed by atoms with Gasteiger partial charge in [0.2, 0.25) is 5.91 Å². The molecule has 0 fully saturated rings. The highest BCUT2D eigenvalue weighted by atomic mass is 16.5. The minimum atomic E-state index is -0.823. The van der Waals surface area contributed by atoms with E-state index < -0.39 is 17.5 Å². The Hall–Kier alpha value is -4.47. The second-order valence-corrected chi connectivity index (χ2v) is 6.37. The van der Waals surface area contributed by atoms with E-state index in [1.54, 1.807) is 36.4 Å². The molecule has 0 spiro atoms. The second-order valence-electron chi connectivity index (χ2n) is 6.37. The van der Waals surface area contributed by atoms with Crippen molar-refractivity contribution in [3.63, 3.8) is 0 Å². The van der Waals surface area contributed by atoms with Crippen molar-refractivity contribution in [3.8, 4) is 22.8 Å². The van der Waals surface area contributed by atoms with Crippen LogP contribution in [0.25, 0.3) is 28.2 Å². The lowest BCUT2D eigenvalue weighted by atomic mass is 10.1. The molecule has 2 amide bonds. The van der Waals surface area contributed by atoms with E-state index in [0.29, 0.717) is 22.6 Å². The minimum absolute atomic E-state index is 0.118. The number of nitrogens with two attached hydrogens (primary N) is 2. The number of methoxy groups -OCH3 is 1. The third kappa shape index (κ3) is 3.15. The Labute approximate surface area is 169 Å². The molecule has 0 saturated heterocycles. The normalized spacial score (nSPS) is 10.8. The van der Waals surface area contributed by atoms with Crippen LogP contribution in [0.2, 0.25) is 0 Å². The summed E-state index contributed by atoms with van der Waals surface area (Å²) in [5.41, 5.74) is 11.7. The number of nitrogens with zero attached hydrogens (tertiary/aromatic N) is 3. The molecule has 2 aromatic heterocycles. The van der Waals surface area contributed by atoms with Crippen LogP contribution >= 0.6 is 0 Å². The first kappa shape index (κ1) is 18.9. The standard InChI is InChI=1S/C20H16N6O4/c1-30-13-4-2-3-12(9-13)26-19-15(24-20(26)29)14(17(22)28)23-18(25-19)11-7-5-10(6-8-11)16(21)27/h2-9H,1H3,(H2,21,27)(H2,22,28)(H,24,29). The molecule has 0 aliphatic rings. The number of imidazole rings is 1. The Kier molecular flexibility index (Phi) is 4.51.